The summed E-state index contributed by atoms with van der Waals surface area (Å²) in [7, 11) is 0. The molecule has 0 aliphatic carbocycles. The topological polar surface area (TPSA) is 189 Å². The lowest BCUT2D eigenvalue weighted by atomic mass is 9.74. The maximum atomic E-state index is 13.2. The van der Waals surface area contributed by atoms with Crippen molar-refractivity contribution in [2.45, 2.75) is 66.6 Å². The normalized spacial score (nSPS) is 20.3. The van der Waals surface area contributed by atoms with Crippen LogP contribution in [0.4, 0.5) is 0 Å². The van der Waals surface area contributed by atoms with Crippen LogP contribution in [0.15, 0.2) is 35.5 Å². The van der Waals surface area contributed by atoms with E-state index in [4.69, 9.17) is 23.7 Å². The monoisotopic (exact) mass is 610 g/mol. The number of esters is 4. The Hall–Kier alpha value is -4.00. The molecule has 2 N–H and O–H groups in total. The zero-order valence-corrected chi connectivity index (χ0v) is 25.5. The van der Waals surface area contributed by atoms with E-state index in [2.05, 4.69) is 13.2 Å². The summed E-state index contributed by atoms with van der Waals surface area (Å²) in [6, 6.07) is 0. The standard InChI is InChI=1S/C30H42O13/c1-15(2)13-20-23(25(31)32)19(29(37)41-11-9-39-27(35)17(5)6)14-21(43-20)24(26(33)34)22(16(3)4)30(38)42-12-10-40-28(36)18(7)8/h15,19-21,23-24H,5,7,9-14H2,1-4,6,8H3,(H,31,32)(H,33,34). The van der Waals surface area contributed by atoms with Gasteiger partial charge >= 0.3 is 35.8 Å². The zero-order valence-electron chi connectivity index (χ0n) is 25.5. The fourth-order valence-electron chi connectivity index (χ4n) is 4.56. The Labute approximate surface area is 250 Å². The molecular weight excluding hydrogens is 568 g/mol. The number of aliphatic carboxylic acids is 2. The molecule has 240 valence electrons. The van der Waals surface area contributed by atoms with Crippen LogP contribution in [0, 0.1) is 23.7 Å². The van der Waals surface area contributed by atoms with Gasteiger partial charge in [0.15, 0.2) is 0 Å². The minimum Gasteiger partial charge on any atom is -0.481 e. The van der Waals surface area contributed by atoms with Crippen LogP contribution in [0.2, 0.25) is 0 Å². The number of rotatable bonds is 16. The largest absolute Gasteiger partial charge is 0.481 e. The average Bonchev–Trinajstić information content (AvgIpc) is 2.89. The summed E-state index contributed by atoms with van der Waals surface area (Å²) in [5.74, 6) is -10.5. The highest BCUT2D eigenvalue weighted by atomic mass is 16.6. The van der Waals surface area contributed by atoms with Gasteiger partial charge in [0.2, 0.25) is 0 Å². The molecule has 1 saturated heterocycles. The molecule has 1 heterocycles. The quantitative estimate of drug-likeness (QED) is 0.112. The lowest BCUT2D eigenvalue weighted by Crippen LogP contribution is -2.52. The van der Waals surface area contributed by atoms with Gasteiger partial charge in [-0.25, -0.2) is 14.4 Å². The SMILES string of the molecule is C=C(C)C(=O)OCCOC(=O)C(=C(C)C)C(C(=O)O)C1CC(C(=O)OCCOC(=O)C(=C)C)C(C(=O)O)C(CC(C)C)O1. The van der Waals surface area contributed by atoms with Gasteiger partial charge in [0.05, 0.1) is 29.6 Å². The Morgan fingerprint density at radius 3 is 1.65 bits per heavy atom. The summed E-state index contributed by atoms with van der Waals surface area (Å²) < 4.78 is 26.3. The molecule has 5 unspecified atom stereocenters. The van der Waals surface area contributed by atoms with E-state index in [0.29, 0.717) is 5.57 Å². The fraction of sp³-hybridized carbons (Fsp3) is 0.600. The lowest BCUT2D eigenvalue weighted by molar-refractivity contribution is -0.189. The molecule has 1 aliphatic heterocycles. The number of carbonyl (C=O) groups excluding carboxylic acids is 4. The molecule has 43 heavy (non-hydrogen) atoms. The first-order valence-electron chi connectivity index (χ1n) is 13.8. The molecule has 5 atom stereocenters. The van der Waals surface area contributed by atoms with Crippen molar-refractivity contribution >= 4 is 35.8 Å². The smallest absolute Gasteiger partial charge is 0.335 e. The summed E-state index contributed by atoms with van der Waals surface area (Å²) in [6.45, 7) is 15.1. The van der Waals surface area contributed by atoms with Crippen molar-refractivity contribution in [1.29, 1.82) is 0 Å². The number of ether oxygens (including phenoxy) is 5. The van der Waals surface area contributed by atoms with Gasteiger partial charge < -0.3 is 33.9 Å². The van der Waals surface area contributed by atoms with Crippen molar-refractivity contribution in [2.75, 3.05) is 26.4 Å². The molecule has 0 bridgehead atoms. The number of carboxylic acids is 2. The van der Waals surface area contributed by atoms with Crippen LogP contribution in [0.25, 0.3) is 0 Å². The molecule has 1 aliphatic rings. The maximum absolute atomic E-state index is 13.2. The molecule has 0 spiro atoms. The van der Waals surface area contributed by atoms with E-state index in [0.717, 1.165) is 0 Å². The number of allylic oxidation sites excluding steroid dienone is 1. The number of carbonyl (C=O) groups is 6. The van der Waals surface area contributed by atoms with Crippen molar-refractivity contribution in [1.82, 2.24) is 0 Å². The predicted octanol–water partition coefficient (Wildman–Crippen LogP) is 2.87. The molecule has 0 radical (unpaired) electrons. The Balaban J connectivity index is 3.30. The van der Waals surface area contributed by atoms with Gasteiger partial charge in [0, 0.05) is 11.1 Å². The van der Waals surface area contributed by atoms with Crippen LogP contribution in [-0.4, -0.2) is 84.7 Å². The van der Waals surface area contributed by atoms with Gasteiger partial charge in [0.25, 0.3) is 0 Å². The Bertz CT molecular complexity index is 1130. The van der Waals surface area contributed by atoms with Crippen molar-refractivity contribution < 1.29 is 62.7 Å². The predicted molar refractivity (Wildman–Crippen MR) is 150 cm³/mol. The van der Waals surface area contributed by atoms with E-state index in [1.165, 1.54) is 27.7 Å². The van der Waals surface area contributed by atoms with Crippen LogP contribution in [-0.2, 0) is 52.5 Å². The number of carboxylic acid groups (broad SMARTS) is 2. The second kappa shape index (κ2) is 17.2. The summed E-state index contributed by atoms with van der Waals surface area (Å²) in [5.41, 5.74) is 0.328. The van der Waals surface area contributed by atoms with E-state index in [1.807, 2.05) is 13.8 Å². The van der Waals surface area contributed by atoms with E-state index < -0.39 is 72.2 Å². The average molecular weight is 611 g/mol. The molecule has 13 nitrogen and oxygen atoms in total. The van der Waals surface area contributed by atoms with Crippen LogP contribution in [0.5, 0.6) is 0 Å². The second-order valence-corrected chi connectivity index (χ2v) is 10.9. The molecule has 1 rings (SSSR count). The van der Waals surface area contributed by atoms with Gasteiger partial charge in [-0.1, -0.05) is 32.6 Å². The Morgan fingerprint density at radius 1 is 0.791 bits per heavy atom. The molecule has 0 aromatic heterocycles. The molecule has 0 aromatic carbocycles. The third kappa shape index (κ3) is 11.3. The van der Waals surface area contributed by atoms with E-state index in [-0.39, 0.29) is 55.5 Å². The Kier molecular flexibility index (Phi) is 14.8. The van der Waals surface area contributed by atoms with Gasteiger partial charge in [-0.15, -0.1) is 0 Å². The van der Waals surface area contributed by atoms with Gasteiger partial charge in [0.1, 0.15) is 32.3 Å². The van der Waals surface area contributed by atoms with E-state index in [9.17, 15) is 39.0 Å². The first-order valence-corrected chi connectivity index (χ1v) is 13.8. The molecule has 13 heteroatoms. The highest BCUT2D eigenvalue weighted by molar-refractivity contribution is 5.96. The lowest BCUT2D eigenvalue weighted by Gasteiger charge is -2.41. The summed E-state index contributed by atoms with van der Waals surface area (Å²) in [5, 5.41) is 20.3. The minimum atomic E-state index is -1.63. The van der Waals surface area contributed by atoms with Gasteiger partial charge in [-0.05, 0) is 46.5 Å². The molecule has 0 amide bonds. The molecular formula is C30H42O13. The maximum Gasteiger partial charge on any atom is 0.335 e. The van der Waals surface area contributed by atoms with Crippen molar-refractivity contribution in [2.24, 2.45) is 23.7 Å². The first kappa shape index (κ1) is 37.0. The van der Waals surface area contributed by atoms with Gasteiger partial charge in [-0.2, -0.15) is 0 Å². The number of hydrogen-bond acceptors (Lipinski definition) is 11. The number of hydrogen-bond donors (Lipinski definition) is 2. The zero-order chi connectivity index (χ0) is 33.0. The van der Waals surface area contributed by atoms with Gasteiger partial charge in [-0.3, -0.25) is 14.4 Å². The van der Waals surface area contributed by atoms with E-state index in [1.54, 1.807) is 0 Å². The van der Waals surface area contributed by atoms with E-state index >= 15 is 0 Å². The fourth-order valence-corrected chi connectivity index (χ4v) is 4.56. The Morgan fingerprint density at radius 2 is 1.26 bits per heavy atom. The molecule has 1 fully saturated rings. The first-order chi connectivity index (χ1) is 20.0. The van der Waals surface area contributed by atoms with Crippen molar-refractivity contribution in [3.63, 3.8) is 0 Å². The highest BCUT2D eigenvalue weighted by Crippen LogP contribution is 2.40. The summed E-state index contributed by atoms with van der Waals surface area (Å²) >= 11 is 0. The minimum absolute atomic E-state index is 0.0955. The van der Waals surface area contributed by atoms with Crippen LogP contribution >= 0.6 is 0 Å². The highest BCUT2D eigenvalue weighted by Gasteiger charge is 2.51. The van der Waals surface area contributed by atoms with Crippen LogP contribution < -0.4 is 0 Å². The third-order valence-corrected chi connectivity index (χ3v) is 6.48. The van der Waals surface area contributed by atoms with Crippen LogP contribution in [0.1, 0.15) is 54.4 Å². The second-order valence-electron chi connectivity index (χ2n) is 10.9. The third-order valence-electron chi connectivity index (χ3n) is 6.48. The van der Waals surface area contributed by atoms with Crippen LogP contribution in [0.3, 0.4) is 0 Å². The molecule has 0 aromatic rings. The summed E-state index contributed by atoms with van der Waals surface area (Å²) in [6.07, 6.45) is -2.63. The van der Waals surface area contributed by atoms with Crippen molar-refractivity contribution in [3.8, 4) is 0 Å². The van der Waals surface area contributed by atoms with Crippen molar-refractivity contribution in [3.05, 3.63) is 35.5 Å². The summed E-state index contributed by atoms with van der Waals surface area (Å²) in [4.78, 5) is 74.4. The molecule has 0 saturated carbocycles.